The summed E-state index contributed by atoms with van der Waals surface area (Å²) in [5, 5.41) is 0. The Morgan fingerprint density at radius 2 is 1.75 bits per heavy atom. The van der Waals surface area contributed by atoms with Gasteiger partial charge >= 0.3 is 6.18 Å². The van der Waals surface area contributed by atoms with Crippen molar-refractivity contribution in [1.29, 1.82) is 0 Å². The first-order valence-electron chi connectivity index (χ1n) is 7.68. The Balaban J connectivity index is 1.59. The van der Waals surface area contributed by atoms with E-state index in [1.807, 2.05) is 0 Å². The number of alkyl halides is 3. The first-order valence-corrected chi connectivity index (χ1v) is 7.68. The van der Waals surface area contributed by atoms with E-state index in [0.29, 0.717) is 18.7 Å². The van der Waals surface area contributed by atoms with Crippen molar-refractivity contribution < 1.29 is 22.8 Å². The summed E-state index contributed by atoms with van der Waals surface area (Å²) in [6.45, 7) is 4.41. The summed E-state index contributed by atoms with van der Waals surface area (Å²) in [5.41, 5.74) is -0.178. The van der Waals surface area contributed by atoms with Gasteiger partial charge in [-0.25, -0.2) is 0 Å². The highest BCUT2D eigenvalue weighted by molar-refractivity contribution is 5.89. The second kappa shape index (κ2) is 5.96. The average Bonchev–Trinajstić information content (AvgIpc) is 2.54. The molecule has 0 saturated carbocycles. The number of hydrogen-bond acceptors (Lipinski definition) is 2. The Hall–Kier alpha value is -2.31. The zero-order chi connectivity index (χ0) is 17.5. The highest BCUT2D eigenvalue weighted by atomic mass is 19.4. The number of halogens is 3. The third-order valence-electron chi connectivity index (χ3n) is 4.61. The van der Waals surface area contributed by atoms with Crippen molar-refractivity contribution in [3.8, 4) is 0 Å². The van der Waals surface area contributed by atoms with Crippen molar-refractivity contribution in [2.24, 2.45) is 0 Å². The standard InChI is InChI=1S/C17H17F3N2O2/c1-2-15(23)22-13-8-14(22)10-21(9-13)16(24)7-11-3-5-12(6-4-11)17(18,19)20/h2-6,13-14H,1,7-10H2. The number of carbonyl (C=O) groups excluding carboxylic acids is 2. The molecule has 4 nitrogen and oxygen atoms in total. The van der Waals surface area contributed by atoms with Crippen LogP contribution in [0.25, 0.3) is 0 Å². The minimum Gasteiger partial charge on any atom is -0.338 e. The topological polar surface area (TPSA) is 40.6 Å². The van der Waals surface area contributed by atoms with E-state index in [1.54, 1.807) is 9.80 Å². The van der Waals surface area contributed by atoms with Gasteiger partial charge in [0.2, 0.25) is 11.8 Å². The van der Waals surface area contributed by atoms with Crippen LogP contribution in [-0.2, 0) is 22.2 Å². The maximum absolute atomic E-state index is 12.5. The van der Waals surface area contributed by atoms with Crippen LogP contribution in [0.4, 0.5) is 13.2 Å². The van der Waals surface area contributed by atoms with Crippen LogP contribution >= 0.6 is 0 Å². The van der Waals surface area contributed by atoms with Gasteiger partial charge in [0.1, 0.15) is 0 Å². The third kappa shape index (κ3) is 3.02. The van der Waals surface area contributed by atoms with Crippen LogP contribution in [0.1, 0.15) is 17.5 Å². The van der Waals surface area contributed by atoms with E-state index in [2.05, 4.69) is 6.58 Å². The molecule has 0 spiro atoms. The number of piperidine rings is 1. The third-order valence-corrected chi connectivity index (χ3v) is 4.61. The van der Waals surface area contributed by atoms with Gasteiger partial charge in [-0.2, -0.15) is 13.2 Å². The SMILES string of the molecule is C=CC(=O)N1C2CC1CN(C(=O)Cc1ccc(C(F)(F)F)cc1)C2. The number of hydrogen-bond donors (Lipinski definition) is 0. The van der Waals surface area contributed by atoms with E-state index in [0.717, 1.165) is 18.6 Å². The second-order valence-corrected chi connectivity index (χ2v) is 6.16. The molecule has 3 saturated heterocycles. The molecule has 128 valence electrons. The van der Waals surface area contributed by atoms with Crippen LogP contribution < -0.4 is 0 Å². The van der Waals surface area contributed by atoms with Crippen LogP contribution in [0, 0.1) is 0 Å². The highest BCUT2D eigenvalue weighted by Crippen LogP contribution is 2.33. The van der Waals surface area contributed by atoms with Crippen molar-refractivity contribution in [1.82, 2.24) is 9.80 Å². The van der Waals surface area contributed by atoms with Crippen LogP contribution in [0.2, 0.25) is 0 Å². The first kappa shape index (κ1) is 16.5. The zero-order valence-electron chi connectivity index (χ0n) is 12.9. The zero-order valence-corrected chi connectivity index (χ0v) is 12.9. The lowest BCUT2D eigenvalue weighted by Gasteiger charge is -2.56. The van der Waals surface area contributed by atoms with Crippen molar-refractivity contribution >= 4 is 11.8 Å². The molecule has 2 unspecified atom stereocenters. The maximum Gasteiger partial charge on any atom is 0.416 e. The van der Waals surface area contributed by atoms with Gasteiger partial charge in [0.05, 0.1) is 24.1 Å². The molecule has 0 aliphatic carbocycles. The molecule has 3 fully saturated rings. The molecule has 3 aliphatic heterocycles. The molecule has 0 radical (unpaired) electrons. The number of rotatable bonds is 3. The van der Waals surface area contributed by atoms with Gasteiger partial charge in [-0.1, -0.05) is 18.7 Å². The minimum atomic E-state index is -4.38. The van der Waals surface area contributed by atoms with Crippen molar-refractivity contribution in [2.75, 3.05) is 13.1 Å². The average molecular weight is 338 g/mol. The molecule has 7 heteroatoms. The molecule has 24 heavy (non-hydrogen) atoms. The van der Waals surface area contributed by atoms with Crippen LogP contribution in [0.15, 0.2) is 36.9 Å². The summed E-state index contributed by atoms with van der Waals surface area (Å²) in [7, 11) is 0. The molecule has 3 aliphatic rings. The van der Waals surface area contributed by atoms with Crippen molar-refractivity contribution in [3.05, 3.63) is 48.0 Å². The van der Waals surface area contributed by atoms with E-state index in [-0.39, 0.29) is 30.3 Å². The fourth-order valence-corrected chi connectivity index (χ4v) is 3.38. The number of benzene rings is 1. The van der Waals surface area contributed by atoms with Gasteiger partial charge in [-0.3, -0.25) is 9.59 Å². The first-order chi connectivity index (χ1) is 11.3. The Morgan fingerprint density at radius 1 is 1.17 bits per heavy atom. The van der Waals surface area contributed by atoms with E-state index >= 15 is 0 Å². The Morgan fingerprint density at radius 3 is 2.25 bits per heavy atom. The number of nitrogens with zero attached hydrogens (tertiary/aromatic N) is 2. The lowest BCUT2D eigenvalue weighted by molar-refractivity contribution is -0.156. The molecule has 2 atom stereocenters. The van der Waals surface area contributed by atoms with Crippen LogP contribution in [0.5, 0.6) is 0 Å². The minimum absolute atomic E-state index is 0.0193. The summed E-state index contributed by atoms with van der Waals surface area (Å²) in [4.78, 5) is 27.5. The van der Waals surface area contributed by atoms with Crippen LogP contribution in [-0.4, -0.2) is 46.8 Å². The number of piperazine rings is 1. The van der Waals surface area contributed by atoms with Gasteiger partial charge in [-0.05, 0) is 30.2 Å². The van der Waals surface area contributed by atoms with Gasteiger partial charge < -0.3 is 9.80 Å². The maximum atomic E-state index is 12.5. The number of carbonyl (C=O) groups is 2. The fraction of sp³-hybridized carbons (Fsp3) is 0.412. The van der Waals surface area contributed by atoms with Crippen molar-refractivity contribution in [3.63, 3.8) is 0 Å². The van der Waals surface area contributed by atoms with E-state index in [1.165, 1.54) is 18.2 Å². The molecule has 0 N–H and O–H groups in total. The summed E-state index contributed by atoms with van der Waals surface area (Å²) < 4.78 is 37.6. The van der Waals surface area contributed by atoms with E-state index in [9.17, 15) is 22.8 Å². The lowest BCUT2D eigenvalue weighted by Crippen LogP contribution is -2.70. The lowest BCUT2D eigenvalue weighted by atomic mass is 9.87. The smallest absolute Gasteiger partial charge is 0.338 e. The highest BCUT2D eigenvalue weighted by Gasteiger charge is 2.47. The Kier molecular flexibility index (Phi) is 4.11. The van der Waals surface area contributed by atoms with Gasteiger partial charge in [0, 0.05) is 13.1 Å². The molecule has 2 amide bonds. The van der Waals surface area contributed by atoms with Gasteiger partial charge in [-0.15, -0.1) is 0 Å². The largest absolute Gasteiger partial charge is 0.416 e. The number of fused-ring (bicyclic) bond motifs is 2. The molecule has 1 aromatic carbocycles. The molecule has 2 bridgehead atoms. The summed E-state index contributed by atoms with van der Waals surface area (Å²) >= 11 is 0. The quantitative estimate of drug-likeness (QED) is 0.793. The second-order valence-electron chi connectivity index (χ2n) is 6.16. The van der Waals surface area contributed by atoms with E-state index in [4.69, 9.17) is 0 Å². The van der Waals surface area contributed by atoms with E-state index < -0.39 is 11.7 Å². The summed E-state index contributed by atoms with van der Waals surface area (Å²) in [5.74, 6) is -0.249. The Bertz CT molecular complexity index is 657. The fourth-order valence-electron chi connectivity index (χ4n) is 3.38. The summed E-state index contributed by atoms with van der Waals surface area (Å²) in [6, 6.07) is 4.68. The molecular weight excluding hydrogens is 321 g/mol. The molecule has 1 aromatic rings. The molecule has 0 aromatic heterocycles. The molecule has 3 heterocycles. The molecular formula is C17H17F3N2O2. The van der Waals surface area contributed by atoms with Crippen molar-refractivity contribution in [2.45, 2.75) is 31.1 Å². The number of amides is 2. The van der Waals surface area contributed by atoms with Gasteiger partial charge in [0.25, 0.3) is 0 Å². The normalized spacial score (nSPS) is 22.8. The van der Waals surface area contributed by atoms with Gasteiger partial charge in [0.15, 0.2) is 0 Å². The molecule has 4 rings (SSSR count). The van der Waals surface area contributed by atoms with Crippen LogP contribution in [0.3, 0.4) is 0 Å². The summed E-state index contributed by atoms with van der Waals surface area (Å²) in [6.07, 6.45) is -2.16. The monoisotopic (exact) mass is 338 g/mol. The predicted molar refractivity (Wildman–Crippen MR) is 81.0 cm³/mol. The predicted octanol–water partition coefficient (Wildman–Crippen LogP) is 2.25. The Labute approximate surface area is 137 Å².